The molecule has 0 aliphatic carbocycles. The lowest BCUT2D eigenvalue weighted by molar-refractivity contribution is -0.166. The van der Waals surface area contributed by atoms with Crippen molar-refractivity contribution >= 4 is 34.3 Å². The van der Waals surface area contributed by atoms with Crippen molar-refractivity contribution in [1.29, 1.82) is 0 Å². The zero-order valence-electron chi connectivity index (χ0n) is 20.1. The molecule has 1 fully saturated rings. The summed E-state index contributed by atoms with van der Waals surface area (Å²) in [5.41, 5.74) is 3.48. The number of fused-ring (bicyclic) bond motifs is 5. The van der Waals surface area contributed by atoms with E-state index >= 15 is 0 Å². The maximum absolute atomic E-state index is 14.2. The number of piperazine rings is 1. The van der Waals surface area contributed by atoms with Crippen LogP contribution in [0.1, 0.15) is 35.2 Å². The second-order valence-electron chi connectivity index (χ2n) is 9.62. The summed E-state index contributed by atoms with van der Waals surface area (Å²) in [5, 5.41) is 1.70. The van der Waals surface area contributed by atoms with Gasteiger partial charge in [-0.3, -0.25) is 9.59 Å². The Bertz CT molecular complexity index is 1500. The van der Waals surface area contributed by atoms with Gasteiger partial charge in [0.25, 0.3) is 5.91 Å². The van der Waals surface area contributed by atoms with E-state index in [1.807, 2.05) is 73.7 Å². The molecule has 4 aromatic rings. The summed E-state index contributed by atoms with van der Waals surface area (Å²) in [7, 11) is 1.62. The van der Waals surface area contributed by atoms with Crippen LogP contribution in [0.2, 0.25) is 5.02 Å². The first-order valence-electron chi connectivity index (χ1n) is 12.0. The van der Waals surface area contributed by atoms with Crippen LogP contribution in [0.15, 0.2) is 72.8 Å². The first kappa shape index (κ1) is 22.7. The molecule has 6 rings (SSSR count). The van der Waals surface area contributed by atoms with Gasteiger partial charge in [-0.25, -0.2) is 0 Å². The molecule has 1 aromatic heterocycles. The third kappa shape index (κ3) is 3.32. The van der Waals surface area contributed by atoms with Crippen molar-refractivity contribution in [1.82, 2.24) is 14.8 Å². The summed E-state index contributed by atoms with van der Waals surface area (Å²) < 4.78 is 5.25. The maximum atomic E-state index is 14.2. The number of H-pyrrole nitrogens is 1. The minimum atomic E-state index is -1.14. The molecular weight excluding hydrogens is 474 g/mol. The van der Waals surface area contributed by atoms with E-state index < -0.39 is 5.54 Å². The van der Waals surface area contributed by atoms with Gasteiger partial charge in [0.1, 0.15) is 12.3 Å². The molecule has 0 bridgehead atoms. The fraction of sp³-hybridized carbons (Fsp3) is 0.241. The van der Waals surface area contributed by atoms with Gasteiger partial charge in [0, 0.05) is 34.9 Å². The fourth-order valence-corrected chi connectivity index (χ4v) is 6.06. The largest absolute Gasteiger partial charge is 0.497 e. The van der Waals surface area contributed by atoms with Crippen LogP contribution >= 0.6 is 11.6 Å². The van der Waals surface area contributed by atoms with E-state index in [-0.39, 0.29) is 24.3 Å². The molecule has 2 unspecified atom stereocenters. The molecule has 2 amide bonds. The van der Waals surface area contributed by atoms with Crippen LogP contribution in [-0.4, -0.2) is 46.8 Å². The predicted octanol–water partition coefficient (Wildman–Crippen LogP) is 5.06. The molecule has 1 N–H and O–H groups in total. The van der Waals surface area contributed by atoms with Gasteiger partial charge in [0.05, 0.1) is 12.8 Å². The number of methoxy groups -OCH3 is 1. The van der Waals surface area contributed by atoms with Gasteiger partial charge in [-0.15, -0.1) is 0 Å². The number of rotatable bonds is 4. The highest BCUT2D eigenvalue weighted by Crippen LogP contribution is 2.49. The number of halogens is 1. The van der Waals surface area contributed by atoms with Crippen LogP contribution in [0, 0.1) is 0 Å². The van der Waals surface area contributed by atoms with Gasteiger partial charge in [-0.2, -0.15) is 0 Å². The molecule has 0 spiro atoms. The van der Waals surface area contributed by atoms with Gasteiger partial charge in [0.15, 0.2) is 5.54 Å². The molecule has 0 radical (unpaired) electrons. The van der Waals surface area contributed by atoms with E-state index in [4.69, 9.17) is 16.3 Å². The molecule has 36 heavy (non-hydrogen) atoms. The Labute approximate surface area is 214 Å². The molecule has 2 aliphatic heterocycles. The van der Waals surface area contributed by atoms with Crippen molar-refractivity contribution in [3.05, 3.63) is 100 Å². The smallest absolute Gasteiger partial charge is 0.255 e. The lowest BCUT2D eigenvalue weighted by atomic mass is 9.76. The summed E-state index contributed by atoms with van der Waals surface area (Å²) in [6, 6.07) is 23.4. The Hall–Kier alpha value is -3.77. The number of nitrogens with one attached hydrogen (secondary N) is 1. The summed E-state index contributed by atoms with van der Waals surface area (Å²) in [6.45, 7) is 2.63. The summed E-state index contributed by atoms with van der Waals surface area (Å²) >= 11 is 6.65. The maximum Gasteiger partial charge on any atom is 0.255 e. The summed E-state index contributed by atoms with van der Waals surface area (Å²) in [4.78, 5) is 34.7. The van der Waals surface area contributed by atoms with Crippen LogP contribution in [-0.2, 0) is 21.7 Å². The van der Waals surface area contributed by atoms with Crippen molar-refractivity contribution in [3.8, 4) is 5.75 Å². The van der Waals surface area contributed by atoms with E-state index in [9.17, 15) is 9.59 Å². The summed E-state index contributed by atoms with van der Waals surface area (Å²) in [6.07, 6.45) is 0. The Balaban J connectivity index is 1.48. The number of benzene rings is 3. The monoisotopic (exact) mass is 499 g/mol. The quantitative estimate of drug-likeness (QED) is 0.427. The summed E-state index contributed by atoms with van der Waals surface area (Å²) in [5.74, 6) is 0.427. The molecule has 3 heterocycles. The Morgan fingerprint density at radius 2 is 1.75 bits per heavy atom. The third-order valence-electron chi connectivity index (χ3n) is 7.63. The Morgan fingerprint density at radius 1 is 1.03 bits per heavy atom. The molecule has 2 aliphatic rings. The SMILES string of the molecule is COc1ccc(CN2CC(=O)N3CC(c4ccccc4Cl)c4c([nH]c5ccccc45)C3(C)C2=O)cc1. The van der Waals surface area contributed by atoms with Gasteiger partial charge < -0.3 is 19.5 Å². The molecule has 3 aromatic carbocycles. The van der Waals surface area contributed by atoms with E-state index in [0.29, 0.717) is 18.1 Å². The standard InChI is InChI=1S/C29H26ClN3O3/c1-29-27-26(21-8-4-6-10-24(21)31-27)22(20-7-3-5-9-23(20)30)16-33(29)25(34)17-32(28(29)35)15-18-11-13-19(36-2)14-12-18/h3-14,22,31H,15-17H2,1-2H3. The number of carbonyl (C=O) groups is 2. The number of nitrogens with zero attached hydrogens (tertiary/aromatic N) is 2. The van der Waals surface area contributed by atoms with E-state index in [0.717, 1.165) is 39.0 Å². The lowest BCUT2D eigenvalue weighted by Gasteiger charge is -2.51. The van der Waals surface area contributed by atoms with Crippen molar-refractivity contribution in [2.24, 2.45) is 0 Å². The lowest BCUT2D eigenvalue weighted by Crippen LogP contribution is -2.67. The number of para-hydroxylation sites is 1. The van der Waals surface area contributed by atoms with Crippen molar-refractivity contribution in [2.75, 3.05) is 20.2 Å². The number of aromatic nitrogens is 1. The Morgan fingerprint density at radius 3 is 2.50 bits per heavy atom. The van der Waals surface area contributed by atoms with Gasteiger partial charge >= 0.3 is 0 Å². The molecule has 6 nitrogen and oxygen atoms in total. The minimum Gasteiger partial charge on any atom is -0.497 e. The van der Waals surface area contributed by atoms with Crippen LogP contribution in [0.3, 0.4) is 0 Å². The average Bonchev–Trinajstić information content (AvgIpc) is 3.29. The topological polar surface area (TPSA) is 65.6 Å². The first-order valence-corrected chi connectivity index (χ1v) is 12.4. The van der Waals surface area contributed by atoms with E-state index in [1.54, 1.807) is 16.9 Å². The number of aromatic amines is 1. The van der Waals surface area contributed by atoms with Crippen LogP contribution < -0.4 is 4.74 Å². The van der Waals surface area contributed by atoms with Crippen molar-refractivity contribution in [2.45, 2.75) is 24.9 Å². The van der Waals surface area contributed by atoms with Crippen molar-refractivity contribution < 1.29 is 14.3 Å². The molecule has 7 heteroatoms. The van der Waals surface area contributed by atoms with Gasteiger partial charge in [0.2, 0.25) is 5.91 Å². The zero-order chi connectivity index (χ0) is 25.0. The van der Waals surface area contributed by atoms with E-state index in [2.05, 4.69) is 11.1 Å². The number of carbonyl (C=O) groups excluding carboxylic acids is 2. The average molecular weight is 500 g/mol. The highest BCUT2D eigenvalue weighted by molar-refractivity contribution is 6.31. The highest BCUT2D eigenvalue weighted by Gasteiger charge is 2.56. The second-order valence-corrected chi connectivity index (χ2v) is 10.0. The van der Waals surface area contributed by atoms with Crippen molar-refractivity contribution in [3.63, 3.8) is 0 Å². The second kappa shape index (κ2) is 8.42. The fourth-order valence-electron chi connectivity index (χ4n) is 5.79. The highest BCUT2D eigenvalue weighted by atomic mass is 35.5. The van der Waals surface area contributed by atoms with E-state index in [1.165, 1.54) is 0 Å². The normalized spacial score (nSPS) is 21.5. The minimum absolute atomic E-state index is 0.0330. The van der Waals surface area contributed by atoms with Gasteiger partial charge in [-0.1, -0.05) is 60.1 Å². The number of hydrogen-bond acceptors (Lipinski definition) is 3. The van der Waals surface area contributed by atoms with Crippen LogP contribution in [0.25, 0.3) is 10.9 Å². The number of hydrogen-bond donors (Lipinski definition) is 1. The number of ether oxygens (including phenoxy) is 1. The molecular formula is C29H26ClN3O3. The van der Waals surface area contributed by atoms with Crippen LogP contribution in [0.5, 0.6) is 5.75 Å². The molecule has 1 saturated heterocycles. The zero-order valence-corrected chi connectivity index (χ0v) is 20.9. The number of amides is 2. The predicted molar refractivity (Wildman–Crippen MR) is 139 cm³/mol. The van der Waals surface area contributed by atoms with Gasteiger partial charge in [-0.05, 0) is 47.9 Å². The third-order valence-corrected chi connectivity index (χ3v) is 7.97. The molecule has 2 atom stereocenters. The van der Waals surface area contributed by atoms with Crippen LogP contribution in [0.4, 0.5) is 0 Å². The Kier molecular flexibility index (Phi) is 5.30. The first-order chi connectivity index (χ1) is 17.4. The molecule has 0 saturated carbocycles. The molecule has 182 valence electrons.